The highest BCUT2D eigenvalue weighted by atomic mass is 32.2. The van der Waals surface area contributed by atoms with Gasteiger partial charge in [-0.3, -0.25) is 0 Å². The lowest BCUT2D eigenvalue weighted by atomic mass is 10.2. The molecule has 0 atom stereocenters. The largest absolute Gasteiger partial charge is 0.444 e. The predicted molar refractivity (Wildman–Crippen MR) is 79.4 cm³/mol. The van der Waals surface area contributed by atoms with Crippen molar-refractivity contribution in [3.63, 3.8) is 0 Å². The number of nitrogens with one attached hydrogen (secondary N) is 1. The Morgan fingerprint density at radius 3 is 2.73 bits per heavy atom. The molecule has 0 spiro atoms. The summed E-state index contributed by atoms with van der Waals surface area (Å²) in [5.41, 5.74) is 1.62. The Labute approximate surface area is 127 Å². The molecule has 0 aliphatic rings. The SMILES string of the molecule is Cc1nc(C)c(CNS(=O)(=O)Cc2noc3ccccc23)o1. The maximum Gasteiger partial charge on any atom is 0.217 e. The van der Waals surface area contributed by atoms with Crippen LogP contribution in [0.3, 0.4) is 0 Å². The second-order valence-electron chi connectivity index (χ2n) is 4.95. The second kappa shape index (κ2) is 5.54. The first-order valence-corrected chi connectivity index (χ1v) is 8.33. The van der Waals surface area contributed by atoms with Gasteiger partial charge in [0, 0.05) is 12.3 Å². The Morgan fingerprint density at radius 1 is 1.23 bits per heavy atom. The van der Waals surface area contributed by atoms with Gasteiger partial charge in [0.2, 0.25) is 10.0 Å². The molecular weight excluding hydrogens is 306 g/mol. The van der Waals surface area contributed by atoms with Crippen LogP contribution in [0.15, 0.2) is 33.2 Å². The Balaban J connectivity index is 1.75. The first-order valence-electron chi connectivity index (χ1n) is 6.68. The Bertz CT molecular complexity index is 911. The minimum atomic E-state index is -3.56. The van der Waals surface area contributed by atoms with Crippen LogP contribution in [0.25, 0.3) is 11.0 Å². The average molecular weight is 321 g/mol. The van der Waals surface area contributed by atoms with E-state index < -0.39 is 10.0 Å². The first kappa shape index (κ1) is 14.7. The maximum absolute atomic E-state index is 12.2. The topological polar surface area (TPSA) is 98.2 Å². The fraction of sp³-hybridized carbons (Fsp3) is 0.286. The number of hydrogen-bond acceptors (Lipinski definition) is 6. The summed E-state index contributed by atoms with van der Waals surface area (Å²) < 4.78 is 37.3. The van der Waals surface area contributed by atoms with E-state index >= 15 is 0 Å². The number of fused-ring (bicyclic) bond motifs is 1. The lowest BCUT2D eigenvalue weighted by molar-refractivity contribution is 0.448. The number of hydrogen-bond donors (Lipinski definition) is 1. The van der Waals surface area contributed by atoms with Crippen LogP contribution in [0.2, 0.25) is 0 Å². The van der Waals surface area contributed by atoms with Crippen LogP contribution in [0, 0.1) is 13.8 Å². The van der Waals surface area contributed by atoms with Crippen LogP contribution in [0.5, 0.6) is 0 Å². The molecule has 3 rings (SSSR count). The van der Waals surface area contributed by atoms with Crippen molar-refractivity contribution in [2.24, 2.45) is 0 Å². The van der Waals surface area contributed by atoms with E-state index in [1.54, 1.807) is 32.0 Å². The molecular formula is C14H15N3O4S. The van der Waals surface area contributed by atoms with Crippen molar-refractivity contribution in [3.05, 3.63) is 47.3 Å². The highest BCUT2D eigenvalue weighted by molar-refractivity contribution is 7.88. The zero-order valence-electron chi connectivity index (χ0n) is 12.2. The molecule has 0 saturated carbocycles. The van der Waals surface area contributed by atoms with E-state index in [-0.39, 0.29) is 12.3 Å². The van der Waals surface area contributed by atoms with Gasteiger partial charge in [0.05, 0.1) is 12.2 Å². The zero-order chi connectivity index (χ0) is 15.7. The molecule has 2 heterocycles. The van der Waals surface area contributed by atoms with E-state index in [1.807, 2.05) is 6.07 Å². The monoisotopic (exact) mass is 321 g/mol. The first-order chi connectivity index (χ1) is 10.4. The zero-order valence-corrected chi connectivity index (χ0v) is 13.0. The van der Waals surface area contributed by atoms with Gasteiger partial charge in [-0.1, -0.05) is 17.3 Å². The van der Waals surface area contributed by atoms with Crippen molar-refractivity contribution in [1.29, 1.82) is 0 Å². The van der Waals surface area contributed by atoms with E-state index in [1.165, 1.54) is 0 Å². The molecule has 0 amide bonds. The van der Waals surface area contributed by atoms with Gasteiger partial charge in [-0.25, -0.2) is 18.1 Å². The Morgan fingerprint density at radius 2 is 2.00 bits per heavy atom. The van der Waals surface area contributed by atoms with Crippen LogP contribution in [-0.2, 0) is 22.3 Å². The molecule has 8 heteroatoms. The highest BCUT2D eigenvalue weighted by Crippen LogP contribution is 2.19. The summed E-state index contributed by atoms with van der Waals surface area (Å²) in [5, 5.41) is 4.52. The van der Waals surface area contributed by atoms with Crippen LogP contribution >= 0.6 is 0 Å². The van der Waals surface area contributed by atoms with E-state index in [0.717, 1.165) is 0 Å². The van der Waals surface area contributed by atoms with Crippen molar-refractivity contribution in [2.75, 3.05) is 0 Å². The second-order valence-corrected chi connectivity index (χ2v) is 6.75. The number of rotatable bonds is 5. The van der Waals surface area contributed by atoms with Crippen LogP contribution < -0.4 is 4.72 Å². The van der Waals surface area contributed by atoms with Crippen molar-refractivity contribution in [1.82, 2.24) is 14.9 Å². The molecule has 2 aromatic heterocycles. The van der Waals surface area contributed by atoms with E-state index in [0.29, 0.717) is 34.0 Å². The molecule has 0 unspecified atom stereocenters. The summed E-state index contributed by atoms with van der Waals surface area (Å²) in [5.74, 6) is 0.760. The summed E-state index contributed by atoms with van der Waals surface area (Å²) in [4.78, 5) is 4.10. The van der Waals surface area contributed by atoms with Gasteiger partial charge in [-0.15, -0.1) is 0 Å². The van der Waals surface area contributed by atoms with Gasteiger partial charge < -0.3 is 8.94 Å². The summed E-state index contributed by atoms with van der Waals surface area (Å²) >= 11 is 0. The molecule has 3 aromatic rings. The van der Waals surface area contributed by atoms with Crippen molar-refractivity contribution in [3.8, 4) is 0 Å². The quantitative estimate of drug-likeness (QED) is 0.772. The Kier molecular flexibility index (Phi) is 3.71. The van der Waals surface area contributed by atoms with Crippen molar-refractivity contribution in [2.45, 2.75) is 26.1 Å². The number of oxazole rings is 1. The van der Waals surface area contributed by atoms with Gasteiger partial charge in [-0.2, -0.15) is 0 Å². The molecule has 0 bridgehead atoms. The van der Waals surface area contributed by atoms with E-state index in [2.05, 4.69) is 14.9 Å². The minimum absolute atomic E-state index is 0.0603. The van der Waals surface area contributed by atoms with Gasteiger partial charge in [-0.05, 0) is 19.1 Å². The average Bonchev–Trinajstić information content (AvgIpc) is 3.00. The molecule has 0 aliphatic heterocycles. The molecule has 0 radical (unpaired) electrons. The molecule has 0 aliphatic carbocycles. The third-order valence-corrected chi connectivity index (χ3v) is 4.47. The van der Waals surface area contributed by atoms with E-state index in [4.69, 9.17) is 8.94 Å². The number of para-hydroxylation sites is 1. The molecule has 116 valence electrons. The fourth-order valence-corrected chi connectivity index (χ4v) is 3.21. The maximum atomic E-state index is 12.2. The standard InChI is InChI=1S/C14H15N3O4S/c1-9-14(20-10(2)16-9)7-15-22(18,19)8-12-11-5-3-4-6-13(11)21-17-12/h3-6,15H,7-8H2,1-2H3. The van der Waals surface area contributed by atoms with Crippen LogP contribution in [0.1, 0.15) is 23.0 Å². The minimum Gasteiger partial charge on any atom is -0.444 e. The molecule has 0 fully saturated rings. The molecule has 0 saturated heterocycles. The van der Waals surface area contributed by atoms with Gasteiger partial charge in [0.15, 0.2) is 11.5 Å². The lowest BCUT2D eigenvalue weighted by Gasteiger charge is -2.03. The van der Waals surface area contributed by atoms with Gasteiger partial charge in [0.1, 0.15) is 17.2 Å². The lowest BCUT2D eigenvalue weighted by Crippen LogP contribution is -2.25. The number of nitrogens with zero attached hydrogens (tertiary/aromatic N) is 2. The summed E-state index contributed by atoms with van der Waals surface area (Å²) in [7, 11) is -3.56. The summed E-state index contributed by atoms with van der Waals surface area (Å²) in [6, 6.07) is 7.13. The molecule has 22 heavy (non-hydrogen) atoms. The molecule has 1 N–H and O–H groups in total. The summed E-state index contributed by atoms with van der Waals surface area (Å²) in [6.45, 7) is 3.54. The normalized spacial score (nSPS) is 12.1. The number of benzene rings is 1. The van der Waals surface area contributed by atoms with Crippen LogP contribution in [-0.4, -0.2) is 18.6 Å². The smallest absolute Gasteiger partial charge is 0.217 e. The Hall–Kier alpha value is -2.19. The molecule has 7 nitrogen and oxygen atoms in total. The number of aryl methyl sites for hydroxylation is 2. The third-order valence-electron chi connectivity index (χ3n) is 3.23. The predicted octanol–water partition coefficient (Wildman–Crippen LogP) is 2.05. The van der Waals surface area contributed by atoms with Gasteiger partial charge >= 0.3 is 0 Å². The number of sulfonamides is 1. The highest BCUT2D eigenvalue weighted by Gasteiger charge is 2.18. The van der Waals surface area contributed by atoms with Crippen molar-refractivity contribution < 1.29 is 17.4 Å². The third kappa shape index (κ3) is 3.02. The molecule has 1 aromatic carbocycles. The number of aromatic nitrogens is 2. The van der Waals surface area contributed by atoms with Crippen molar-refractivity contribution >= 4 is 21.0 Å². The van der Waals surface area contributed by atoms with E-state index in [9.17, 15) is 8.42 Å². The van der Waals surface area contributed by atoms with Gasteiger partial charge in [0.25, 0.3) is 0 Å². The summed E-state index contributed by atoms with van der Waals surface area (Å²) in [6.07, 6.45) is 0. The fourth-order valence-electron chi connectivity index (χ4n) is 2.19. The van der Waals surface area contributed by atoms with Crippen LogP contribution in [0.4, 0.5) is 0 Å².